The van der Waals surface area contributed by atoms with E-state index < -0.39 is 6.10 Å². The SMILES string of the molecule is C[N+](C)(C)CC(O)Cn1cnc(=N)c2[nH]cnc21. The molecule has 2 aromatic rings. The summed E-state index contributed by atoms with van der Waals surface area (Å²) in [6.07, 6.45) is 2.60. The lowest BCUT2D eigenvalue weighted by Gasteiger charge is -2.27. The summed E-state index contributed by atoms with van der Waals surface area (Å²) in [5, 5.41) is 17.7. The zero-order chi connectivity index (χ0) is 13.3. The Morgan fingerprint density at radius 3 is 2.83 bits per heavy atom. The van der Waals surface area contributed by atoms with Crippen molar-refractivity contribution >= 4 is 11.2 Å². The molecule has 0 spiro atoms. The second kappa shape index (κ2) is 4.51. The molecule has 2 heterocycles. The van der Waals surface area contributed by atoms with Crippen LogP contribution in [0.4, 0.5) is 0 Å². The van der Waals surface area contributed by atoms with Crippen molar-refractivity contribution in [3.63, 3.8) is 0 Å². The van der Waals surface area contributed by atoms with Crippen LogP contribution in [0.3, 0.4) is 0 Å². The smallest absolute Gasteiger partial charge is 0.173 e. The van der Waals surface area contributed by atoms with Gasteiger partial charge in [0, 0.05) is 0 Å². The zero-order valence-corrected chi connectivity index (χ0v) is 10.9. The molecule has 2 rings (SSSR count). The summed E-state index contributed by atoms with van der Waals surface area (Å²) in [5.74, 6) is 0. The Morgan fingerprint density at radius 2 is 2.17 bits per heavy atom. The molecule has 7 nitrogen and oxygen atoms in total. The third-order valence-electron chi connectivity index (χ3n) is 2.62. The van der Waals surface area contributed by atoms with Crippen molar-refractivity contribution in [3.05, 3.63) is 18.1 Å². The molecule has 0 saturated carbocycles. The van der Waals surface area contributed by atoms with Gasteiger partial charge in [-0.1, -0.05) is 0 Å². The minimum absolute atomic E-state index is 0.167. The number of aliphatic hydroxyl groups is 1. The van der Waals surface area contributed by atoms with Gasteiger partial charge in [0.1, 0.15) is 18.2 Å². The minimum atomic E-state index is -0.478. The van der Waals surface area contributed by atoms with Crippen LogP contribution in [0, 0.1) is 5.41 Å². The molecule has 98 valence electrons. The summed E-state index contributed by atoms with van der Waals surface area (Å²) in [4.78, 5) is 11.0. The highest BCUT2D eigenvalue weighted by atomic mass is 16.3. The fourth-order valence-corrected chi connectivity index (χ4v) is 1.98. The van der Waals surface area contributed by atoms with Crippen LogP contribution in [-0.2, 0) is 6.54 Å². The molecule has 18 heavy (non-hydrogen) atoms. The van der Waals surface area contributed by atoms with Crippen molar-refractivity contribution in [3.8, 4) is 0 Å². The fraction of sp³-hybridized carbons (Fsp3) is 0.545. The molecule has 0 amide bonds. The zero-order valence-electron chi connectivity index (χ0n) is 10.9. The summed E-state index contributed by atoms with van der Waals surface area (Å²) in [7, 11) is 6.09. The highest BCUT2D eigenvalue weighted by Crippen LogP contribution is 2.05. The highest BCUT2D eigenvalue weighted by Gasteiger charge is 2.17. The van der Waals surface area contributed by atoms with E-state index >= 15 is 0 Å². The highest BCUT2D eigenvalue weighted by molar-refractivity contribution is 5.68. The largest absolute Gasteiger partial charge is 0.385 e. The van der Waals surface area contributed by atoms with E-state index in [1.807, 2.05) is 21.1 Å². The van der Waals surface area contributed by atoms with Gasteiger partial charge in [-0.25, -0.2) is 9.97 Å². The van der Waals surface area contributed by atoms with Crippen molar-refractivity contribution in [1.82, 2.24) is 19.5 Å². The second-order valence-electron chi connectivity index (χ2n) is 5.47. The van der Waals surface area contributed by atoms with Gasteiger partial charge in [0.25, 0.3) is 0 Å². The van der Waals surface area contributed by atoms with Crippen molar-refractivity contribution in [2.75, 3.05) is 27.7 Å². The molecule has 2 aromatic heterocycles. The normalized spacial score (nSPS) is 14.0. The van der Waals surface area contributed by atoms with Crippen LogP contribution in [0.15, 0.2) is 12.7 Å². The van der Waals surface area contributed by atoms with E-state index in [0.717, 1.165) is 0 Å². The molecular weight excluding hydrogens is 232 g/mol. The van der Waals surface area contributed by atoms with Crippen LogP contribution in [0.2, 0.25) is 0 Å². The van der Waals surface area contributed by atoms with E-state index in [4.69, 9.17) is 5.41 Å². The molecule has 0 saturated heterocycles. The molecule has 0 aliphatic carbocycles. The first-order chi connectivity index (χ1) is 8.37. The number of nitrogens with one attached hydrogen (secondary N) is 2. The van der Waals surface area contributed by atoms with Crippen molar-refractivity contribution < 1.29 is 9.59 Å². The Hall–Kier alpha value is -1.73. The Morgan fingerprint density at radius 1 is 1.44 bits per heavy atom. The molecule has 1 unspecified atom stereocenters. The lowest BCUT2D eigenvalue weighted by molar-refractivity contribution is -0.873. The van der Waals surface area contributed by atoms with Crippen LogP contribution >= 0.6 is 0 Å². The average molecular weight is 251 g/mol. The van der Waals surface area contributed by atoms with Gasteiger partial charge >= 0.3 is 0 Å². The fourth-order valence-electron chi connectivity index (χ4n) is 1.98. The maximum Gasteiger partial charge on any atom is 0.173 e. The Kier molecular flexibility index (Phi) is 3.18. The first kappa shape index (κ1) is 12.7. The molecule has 0 radical (unpaired) electrons. The van der Waals surface area contributed by atoms with Crippen molar-refractivity contribution in [1.29, 1.82) is 5.41 Å². The molecule has 7 heteroatoms. The van der Waals surface area contributed by atoms with Crippen molar-refractivity contribution in [2.45, 2.75) is 12.6 Å². The number of rotatable bonds is 4. The lowest BCUT2D eigenvalue weighted by Crippen LogP contribution is -2.42. The third kappa shape index (κ3) is 2.74. The number of aliphatic hydroxyl groups excluding tert-OH is 1. The monoisotopic (exact) mass is 251 g/mol. The minimum Gasteiger partial charge on any atom is -0.385 e. The number of imidazole rings is 1. The van der Waals surface area contributed by atoms with Gasteiger partial charge in [-0.2, -0.15) is 0 Å². The Labute approximate surface area is 105 Å². The Balaban J connectivity index is 2.25. The van der Waals surface area contributed by atoms with E-state index in [-0.39, 0.29) is 5.49 Å². The summed E-state index contributed by atoms with van der Waals surface area (Å²) < 4.78 is 2.46. The molecule has 1 atom stereocenters. The summed E-state index contributed by atoms with van der Waals surface area (Å²) in [6.45, 7) is 1.06. The molecule has 0 aromatic carbocycles. The van der Waals surface area contributed by atoms with E-state index in [1.165, 1.54) is 6.33 Å². The molecular formula is C11H19N6O+. The molecule has 0 fully saturated rings. The second-order valence-corrected chi connectivity index (χ2v) is 5.47. The van der Waals surface area contributed by atoms with Gasteiger partial charge in [-0.15, -0.1) is 0 Å². The standard InChI is InChI=1S/C11H19N6O/c1-17(2,3)5-8(18)4-16-7-15-10(12)9-11(16)14-6-13-9/h6-8,12,18H,4-5H2,1-3H3,(H,13,14)/q+1. The van der Waals surface area contributed by atoms with E-state index in [0.29, 0.717) is 28.7 Å². The maximum atomic E-state index is 10.1. The van der Waals surface area contributed by atoms with Gasteiger partial charge in [0.2, 0.25) is 0 Å². The van der Waals surface area contributed by atoms with Crippen LogP contribution in [0.25, 0.3) is 11.2 Å². The molecule has 0 bridgehead atoms. The van der Waals surface area contributed by atoms with Gasteiger partial charge in [-0.3, -0.25) is 5.41 Å². The summed E-state index contributed by atoms with van der Waals surface area (Å²) >= 11 is 0. The number of aromatic nitrogens is 4. The van der Waals surface area contributed by atoms with Crippen LogP contribution in [-0.4, -0.2) is 62.9 Å². The van der Waals surface area contributed by atoms with Crippen LogP contribution in [0.1, 0.15) is 0 Å². The van der Waals surface area contributed by atoms with Crippen molar-refractivity contribution in [2.24, 2.45) is 0 Å². The predicted octanol–water partition coefficient (Wildman–Crippen LogP) is -0.694. The molecule has 3 N–H and O–H groups in total. The van der Waals surface area contributed by atoms with Gasteiger partial charge in [0.15, 0.2) is 11.1 Å². The first-order valence-corrected chi connectivity index (χ1v) is 5.78. The number of likely N-dealkylation sites (N-methyl/N-ethyl adjacent to an activating group) is 1. The van der Waals surface area contributed by atoms with Crippen LogP contribution in [0.5, 0.6) is 0 Å². The summed E-state index contributed by atoms with van der Waals surface area (Å²) in [5.41, 5.74) is 1.41. The topological polar surface area (TPSA) is 90.6 Å². The maximum absolute atomic E-state index is 10.1. The van der Waals surface area contributed by atoms with E-state index in [9.17, 15) is 5.11 Å². The van der Waals surface area contributed by atoms with E-state index in [2.05, 4.69) is 15.0 Å². The number of hydrogen-bond acceptors (Lipinski definition) is 4. The number of nitrogens with zero attached hydrogens (tertiary/aromatic N) is 4. The van der Waals surface area contributed by atoms with Crippen LogP contribution < -0.4 is 5.49 Å². The number of H-pyrrole nitrogens is 1. The number of fused-ring (bicyclic) bond motifs is 1. The lowest BCUT2D eigenvalue weighted by atomic mass is 10.3. The Bertz CT molecular complexity index is 593. The van der Waals surface area contributed by atoms with E-state index in [1.54, 1.807) is 10.9 Å². The molecule has 0 aliphatic rings. The van der Waals surface area contributed by atoms with Gasteiger partial charge < -0.3 is 19.1 Å². The van der Waals surface area contributed by atoms with Gasteiger partial charge in [0.05, 0.1) is 40.3 Å². The first-order valence-electron chi connectivity index (χ1n) is 5.78. The molecule has 0 aliphatic heterocycles. The average Bonchev–Trinajstić information content (AvgIpc) is 2.69. The number of aromatic amines is 1. The predicted molar refractivity (Wildman–Crippen MR) is 66.6 cm³/mol. The van der Waals surface area contributed by atoms with Gasteiger partial charge in [-0.05, 0) is 0 Å². The summed E-state index contributed by atoms with van der Waals surface area (Å²) in [6, 6.07) is 0. The third-order valence-corrected chi connectivity index (χ3v) is 2.62. The quantitative estimate of drug-likeness (QED) is 0.628. The number of hydrogen-bond donors (Lipinski definition) is 3. The number of quaternary nitrogens is 1.